The fourth-order valence-corrected chi connectivity index (χ4v) is 3.12. The molecule has 0 atom stereocenters. The van der Waals surface area contributed by atoms with Gasteiger partial charge in [-0.1, -0.05) is 13.3 Å². The quantitative estimate of drug-likeness (QED) is 0.785. The summed E-state index contributed by atoms with van der Waals surface area (Å²) in [4.78, 5) is 11.8. The molecule has 1 fully saturated rings. The first-order valence-electron chi connectivity index (χ1n) is 6.78. The Hall–Kier alpha value is -1.30. The van der Waals surface area contributed by atoms with Crippen LogP contribution in [0.1, 0.15) is 49.9 Å². The number of hydrogen-bond donors (Lipinski definition) is 2. The number of nitrogens with two attached hydrogens (primary N) is 1. The lowest BCUT2D eigenvalue weighted by Crippen LogP contribution is -2.35. The molecule has 19 heavy (non-hydrogen) atoms. The van der Waals surface area contributed by atoms with E-state index in [1.807, 2.05) is 0 Å². The Morgan fingerprint density at radius 2 is 2.26 bits per heavy atom. The Labute approximate surface area is 117 Å². The molecule has 0 amide bonds. The highest BCUT2D eigenvalue weighted by Gasteiger charge is 2.35. The van der Waals surface area contributed by atoms with Crippen molar-refractivity contribution in [2.45, 2.75) is 39.5 Å². The summed E-state index contributed by atoms with van der Waals surface area (Å²) in [5.74, 6) is -0.138. The monoisotopic (exact) mass is 283 g/mol. The van der Waals surface area contributed by atoms with Crippen LogP contribution >= 0.6 is 11.5 Å². The number of ether oxygens (including phenoxy) is 1. The number of esters is 1. The minimum absolute atomic E-state index is 0.255. The summed E-state index contributed by atoms with van der Waals surface area (Å²) in [7, 11) is 0. The molecule has 0 saturated heterocycles. The summed E-state index contributed by atoms with van der Waals surface area (Å²) in [5, 5.41) is 4.07. The maximum atomic E-state index is 11.8. The van der Waals surface area contributed by atoms with Crippen LogP contribution < -0.4 is 11.1 Å². The van der Waals surface area contributed by atoms with Crippen LogP contribution in [0.5, 0.6) is 0 Å². The molecule has 0 bridgehead atoms. The lowest BCUT2D eigenvalue weighted by molar-refractivity contribution is 0.0529. The van der Waals surface area contributed by atoms with Crippen LogP contribution in [0.3, 0.4) is 0 Å². The first kappa shape index (κ1) is 14.1. The predicted octanol–water partition coefficient (Wildman–Crippen LogP) is 2.89. The number of rotatable bonds is 6. The number of nitrogens with zero attached hydrogens (tertiary/aromatic N) is 1. The highest BCUT2D eigenvalue weighted by molar-refractivity contribution is 7.11. The average molecular weight is 283 g/mol. The fourth-order valence-electron chi connectivity index (χ4n) is 2.42. The van der Waals surface area contributed by atoms with E-state index in [2.05, 4.69) is 16.6 Å². The van der Waals surface area contributed by atoms with Gasteiger partial charge in [-0.25, -0.2) is 4.79 Å². The van der Waals surface area contributed by atoms with Gasteiger partial charge in [0.15, 0.2) is 5.82 Å². The standard InChI is InChI=1S/C13H21N3O2S/c1-3-13(6-5-7-13)8-15-11-9(10(14)16-19-11)12(17)18-4-2/h15H,3-8H2,1-2H3,(H2,14,16). The smallest absolute Gasteiger partial charge is 0.344 e. The van der Waals surface area contributed by atoms with Crippen molar-refractivity contribution in [2.24, 2.45) is 5.41 Å². The molecule has 5 nitrogen and oxygen atoms in total. The second-order valence-corrected chi connectivity index (χ2v) is 5.83. The first-order valence-corrected chi connectivity index (χ1v) is 7.55. The molecule has 1 aliphatic rings. The van der Waals surface area contributed by atoms with Crippen molar-refractivity contribution in [1.82, 2.24) is 4.37 Å². The number of nitrogens with one attached hydrogen (secondary N) is 1. The maximum absolute atomic E-state index is 11.8. The van der Waals surface area contributed by atoms with E-state index in [1.165, 1.54) is 30.8 Å². The zero-order valence-electron chi connectivity index (χ0n) is 11.5. The van der Waals surface area contributed by atoms with Crippen molar-refractivity contribution < 1.29 is 9.53 Å². The minimum Gasteiger partial charge on any atom is -0.462 e. The molecule has 2 rings (SSSR count). The molecule has 0 spiro atoms. The molecule has 1 aliphatic carbocycles. The molecule has 3 N–H and O–H groups in total. The Kier molecular flexibility index (Phi) is 4.29. The SMILES string of the molecule is CCOC(=O)c1c(N)nsc1NCC1(CC)CCC1. The van der Waals surface area contributed by atoms with E-state index in [4.69, 9.17) is 10.5 Å². The number of carbonyl (C=O) groups is 1. The third-order valence-electron chi connectivity index (χ3n) is 3.99. The zero-order valence-corrected chi connectivity index (χ0v) is 12.3. The molecule has 6 heteroatoms. The van der Waals surface area contributed by atoms with Gasteiger partial charge in [0.1, 0.15) is 10.6 Å². The average Bonchev–Trinajstić information content (AvgIpc) is 2.70. The number of anilines is 2. The van der Waals surface area contributed by atoms with Gasteiger partial charge >= 0.3 is 5.97 Å². The summed E-state index contributed by atoms with van der Waals surface area (Å²) in [6.45, 7) is 5.21. The van der Waals surface area contributed by atoms with Crippen LogP contribution in [0.25, 0.3) is 0 Å². The Bertz CT molecular complexity index is 449. The van der Waals surface area contributed by atoms with Gasteiger partial charge in [0.05, 0.1) is 6.61 Å². The fraction of sp³-hybridized carbons (Fsp3) is 0.692. The van der Waals surface area contributed by atoms with E-state index in [0.717, 1.165) is 18.0 Å². The highest BCUT2D eigenvalue weighted by atomic mass is 32.1. The molecular formula is C13H21N3O2S. The van der Waals surface area contributed by atoms with Crippen molar-refractivity contribution in [3.8, 4) is 0 Å². The van der Waals surface area contributed by atoms with Crippen molar-refractivity contribution in [3.05, 3.63) is 5.56 Å². The summed E-state index contributed by atoms with van der Waals surface area (Å²) < 4.78 is 9.06. The summed E-state index contributed by atoms with van der Waals surface area (Å²) in [5.41, 5.74) is 6.52. The van der Waals surface area contributed by atoms with Crippen molar-refractivity contribution in [1.29, 1.82) is 0 Å². The van der Waals surface area contributed by atoms with Crippen LogP contribution in [-0.4, -0.2) is 23.5 Å². The summed E-state index contributed by atoms with van der Waals surface area (Å²) in [6, 6.07) is 0. The second kappa shape index (κ2) is 5.77. The Morgan fingerprint density at radius 3 is 2.79 bits per heavy atom. The largest absolute Gasteiger partial charge is 0.462 e. The lowest BCUT2D eigenvalue weighted by Gasteiger charge is -2.41. The van der Waals surface area contributed by atoms with Gasteiger partial charge in [0.25, 0.3) is 0 Å². The third-order valence-corrected chi connectivity index (χ3v) is 4.81. The van der Waals surface area contributed by atoms with Crippen molar-refractivity contribution in [2.75, 3.05) is 24.2 Å². The Morgan fingerprint density at radius 1 is 1.53 bits per heavy atom. The number of carbonyl (C=O) groups excluding carboxylic acids is 1. The van der Waals surface area contributed by atoms with E-state index in [1.54, 1.807) is 6.92 Å². The molecule has 0 unspecified atom stereocenters. The van der Waals surface area contributed by atoms with Crippen LogP contribution in [0.15, 0.2) is 0 Å². The lowest BCUT2D eigenvalue weighted by atomic mass is 9.67. The molecule has 1 heterocycles. The van der Waals surface area contributed by atoms with Gasteiger partial charge in [-0.2, -0.15) is 4.37 Å². The Balaban J connectivity index is 2.06. The van der Waals surface area contributed by atoms with Crippen LogP contribution in [0.2, 0.25) is 0 Å². The van der Waals surface area contributed by atoms with Crippen molar-refractivity contribution in [3.63, 3.8) is 0 Å². The van der Waals surface area contributed by atoms with Crippen LogP contribution in [0.4, 0.5) is 10.8 Å². The molecule has 106 valence electrons. The number of hydrogen-bond acceptors (Lipinski definition) is 6. The normalized spacial score (nSPS) is 16.7. The van der Waals surface area contributed by atoms with E-state index in [0.29, 0.717) is 17.6 Å². The molecule has 0 radical (unpaired) electrons. The number of aromatic nitrogens is 1. The maximum Gasteiger partial charge on any atom is 0.344 e. The van der Waals surface area contributed by atoms with Gasteiger partial charge in [-0.3, -0.25) is 0 Å². The van der Waals surface area contributed by atoms with E-state index in [-0.39, 0.29) is 5.82 Å². The summed E-state index contributed by atoms with van der Waals surface area (Å²) in [6.07, 6.45) is 4.95. The van der Waals surface area contributed by atoms with Crippen LogP contribution in [-0.2, 0) is 4.74 Å². The molecular weight excluding hydrogens is 262 g/mol. The van der Waals surface area contributed by atoms with Crippen LogP contribution in [0, 0.1) is 5.41 Å². The molecule has 1 aromatic heterocycles. The zero-order chi connectivity index (χ0) is 13.9. The van der Waals surface area contributed by atoms with E-state index in [9.17, 15) is 4.79 Å². The van der Waals surface area contributed by atoms with Gasteiger partial charge < -0.3 is 15.8 Å². The highest BCUT2D eigenvalue weighted by Crippen LogP contribution is 2.44. The van der Waals surface area contributed by atoms with Gasteiger partial charge in [0, 0.05) is 6.54 Å². The van der Waals surface area contributed by atoms with E-state index < -0.39 is 5.97 Å². The van der Waals surface area contributed by atoms with E-state index >= 15 is 0 Å². The van der Waals surface area contributed by atoms with Gasteiger partial charge in [-0.05, 0) is 43.1 Å². The summed E-state index contributed by atoms with van der Waals surface area (Å²) >= 11 is 1.23. The first-order chi connectivity index (χ1) is 9.12. The third kappa shape index (κ3) is 2.83. The van der Waals surface area contributed by atoms with Crippen molar-refractivity contribution >= 4 is 28.3 Å². The molecule has 0 aliphatic heterocycles. The van der Waals surface area contributed by atoms with Gasteiger partial charge in [-0.15, -0.1) is 0 Å². The predicted molar refractivity (Wildman–Crippen MR) is 77.5 cm³/mol. The topological polar surface area (TPSA) is 77.2 Å². The molecule has 1 saturated carbocycles. The number of nitrogen functional groups attached to an aromatic ring is 1. The van der Waals surface area contributed by atoms with Gasteiger partial charge in [0.2, 0.25) is 0 Å². The second-order valence-electron chi connectivity index (χ2n) is 5.05. The molecule has 0 aromatic carbocycles. The molecule has 1 aromatic rings. The minimum atomic E-state index is -0.393.